The maximum Gasteiger partial charge on any atom is 0.130 e. The zero-order valence-corrected chi connectivity index (χ0v) is 18.4. The Morgan fingerprint density at radius 2 is 1.45 bits per heavy atom. The summed E-state index contributed by atoms with van der Waals surface area (Å²) >= 11 is 0. The fraction of sp³-hybridized carbons (Fsp3) is 0.310. The lowest BCUT2D eigenvalue weighted by Gasteiger charge is -2.46. The molecule has 2 heteroatoms. The van der Waals surface area contributed by atoms with E-state index in [9.17, 15) is 5.11 Å². The van der Waals surface area contributed by atoms with E-state index in [1.807, 2.05) is 36.4 Å². The molecule has 1 aliphatic rings. The van der Waals surface area contributed by atoms with Crippen molar-refractivity contribution < 1.29 is 5.11 Å². The van der Waals surface area contributed by atoms with Crippen LogP contribution in [0.15, 0.2) is 91.0 Å². The van der Waals surface area contributed by atoms with Gasteiger partial charge in [-0.3, -0.25) is 0 Å². The molecule has 0 bridgehead atoms. The molecule has 4 unspecified atom stereocenters. The standard InChI is InChI=1S/C29H31NO/c1-30(2)28(25-16-10-5-11-17-25)27-22-26(24-14-8-4-9-15-24)19-21-29(27,31)20-18-23-12-6-3-7-13-23/h3-17,26-28,31H,19,21-22H2,1-2H3. The van der Waals surface area contributed by atoms with Crippen molar-refractivity contribution in [2.45, 2.75) is 36.8 Å². The van der Waals surface area contributed by atoms with Gasteiger partial charge in [0.1, 0.15) is 5.60 Å². The molecule has 31 heavy (non-hydrogen) atoms. The van der Waals surface area contributed by atoms with E-state index in [1.165, 1.54) is 11.1 Å². The summed E-state index contributed by atoms with van der Waals surface area (Å²) in [5, 5.41) is 11.9. The third kappa shape index (κ3) is 4.90. The van der Waals surface area contributed by atoms with Gasteiger partial charge in [0.25, 0.3) is 0 Å². The molecule has 3 aromatic carbocycles. The van der Waals surface area contributed by atoms with Crippen molar-refractivity contribution >= 4 is 0 Å². The molecule has 1 N–H and O–H groups in total. The Bertz CT molecular complexity index is 1020. The first-order valence-corrected chi connectivity index (χ1v) is 11.1. The molecule has 158 valence electrons. The van der Waals surface area contributed by atoms with Gasteiger partial charge in [0.2, 0.25) is 0 Å². The van der Waals surface area contributed by atoms with Gasteiger partial charge in [-0.05, 0) is 62.5 Å². The second kappa shape index (κ2) is 9.52. The van der Waals surface area contributed by atoms with Crippen molar-refractivity contribution in [3.63, 3.8) is 0 Å². The highest BCUT2D eigenvalue weighted by atomic mass is 16.3. The van der Waals surface area contributed by atoms with E-state index < -0.39 is 5.60 Å². The van der Waals surface area contributed by atoms with Gasteiger partial charge in [0.05, 0.1) is 0 Å². The Morgan fingerprint density at radius 1 is 0.871 bits per heavy atom. The second-order valence-electron chi connectivity index (χ2n) is 8.85. The number of benzene rings is 3. The number of rotatable bonds is 4. The average molecular weight is 410 g/mol. The quantitative estimate of drug-likeness (QED) is 0.562. The lowest BCUT2D eigenvalue weighted by Crippen LogP contribution is -2.47. The predicted octanol–water partition coefficient (Wildman–Crippen LogP) is 5.66. The Kier molecular flexibility index (Phi) is 6.56. The van der Waals surface area contributed by atoms with Crippen LogP contribution in [0.4, 0.5) is 0 Å². The van der Waals surface area contributed by atoms with Gasteiger partial charge in [-0.25, -0.2) is 0 Å². The Balaban J connectivity index is 1.74. The summed E-state index contributed by atoms with van der Waals surface area (Å²) in [5.41, 5.74) is 2.49. The zero-order valence-electron chi connectivity index (χ0n) is 18.4. The molecule has 1 fully saturated rings. The zero-order chi connectivity index (χ0) is 21.7. The summed E-state index contributed by atoms with van der Waals surface area (Å²) in [6.45, 7) is 0. The maximum atomic E-state index is 11.9. The van der Waals surface area contributed by atoms with E-state index in [4.69, 9.17) is 0 Å². The van der Waals surface area contributed by atoms with Crippen molar-refractivity contribution in [3.05, 3.63) is 108 Å². The molecule has 2 nitrogen and oxygen atoms in total. The van der Waals surface area contributed by atoms with E-state index in [0.29, 0.717) is 12.3 Å². The number of hydrogen-bond donors (Lipinski definition) is 1. The largest absolute Gasteiger partial charge is 0.377 e. The van der Waals surface area contributed by atoms with Crippen LogP contribution in [0, 0.1) is 17.8 Å². The molecule has 1 saturated carbocycles. The van der Waals surface area contributed by atoms with Gasteiger partial charge in [-0.1, -0.05) is 90.7 Å². The third-order valence-electron chi connectivity index (χ3n) is 6.57. The highest BCUT2D eigenvalue weighted by Crippen LogP contribution is 2.48. The van der Waals surface area contributed by atoms with E-state index in [0.717, 1.165) is 18.4 Å². The van der Waals surface area contributed by atoms with Crippen LogP contribution in [0.25, 0.3) is 0 Å². The van der Waals surface area contributed by atoms with Crippen molar-refractivity contribution in [2.75, 3.05) is 14.1 Å². The van der Waals surface area contributed by atoms with Gasteiger partial charge >= 0.3 is 0 Å². The van der Waals surface area contributed by atoms with E-state index >= 15 is 0 Å². The van der Waals surface area contributed by atoms with E-state index in [-0.39, 0.29) is 12.0 Å². The molecule has 4 atom stereocenters. The van der Waals surface area contributed by atoms with Gasteiger partial charge in [0, 0.05) is 17.5 Å². The SMILES string of the molecule is CN(C)C(c1ccccc1)C1CC(c2ccccc2)CCC1(O)C#Cc1ccccc1. The Morgan fingerprint density at radius 3 is 2.06 bits per heavy atom. The molecule has 0 aliphatic heterocycles. The van der Waals surface area contributed by atoms with E-state index in [1.54, 1.807) is 0 Å². The van der Waals surface area contributed by atoms with Crippen LogP contribution in [-0.4, -0.2) is 29.7 Å². The second-order valence-corrected chi connectivity index (χ2v) is 8.85. The molecule has 0 spiro atoms. The summed E-state index contributed by atoms with van der Waals surface area (Å²) in [7, 11) is 4.21. The van der Waals surface area contributed by atoms with Crippen LogP contribution >= 0.6 is 0 Å². The molecule has 1 aliphatic carbocycles. The molecule has 0 aromatic heterocycles. The third-order valence-corrected chi connectivity index (χ3v) is 6.57. The number of hydrogen-bond acceptors (Lipinski definition) is 2. The van der Waals surface area contributed by atoms with Crippen LogP contribution in [-0.2, 0) is 0 Å². The van der Waals surface area contributed by atoms with Gasteiger partial charge in [0.15, 0.2) is 0 Å². The Hall–Kier alpha value is -2.86. The number of nitrogens with zero attached hydrogens (tertiary/aromatic N) is 1. The smallest absolute Gasteiger partial charge is 0.130 e. The average Bonchev–Trinajstić information content (AvgIpc) is 2.81. The number of aliphatic hydroxyl groups is 1. The molecular formula is C29H31NO. The normalized spacial score (nSPS) is 24.3. The van der Waals surface area contributed by atoms with Crippen LogP contribution in [0.1, 0.15) is 47.9 Å². The summed E-state index contributed by atoms with van der Waals surface area (Å²) in [6.07, 6.45) is 2.52. The monoisotopic (exact) mass is 409 g/mol. The first-order chi connectivity index (χ1) is 15.1. The van der Waals surface area contributed by atoms with E-state index in [2.05, 4.69) is 85.4 Å². The van der Waals surface area contributed by atoms with Gasteiger partial charge in [-0.2, -0.15) is 0 Å². The summed E-state index contributed by atoms with van der Waals surface area (Å²) < 4.78 is 0. The van der Waals surface area contributed by atoms with Gasteiger partial charge in [-0.15, -0.1) is 0 Å². The fourth-order valence-electron chi connectivity index (χ4n) is 5.01. The summed E-state index contributed by atoms with van der Waals surface area (Å²) in [6, 6.07) is 31.3. The molecule has 3 aromatic rings. The van der Waals surface area contributed by atoms with Crippen molar-refractivity contribution in [1.29, 1.82) is 0 Å². The van der Waals surface area contributed by atoms with Crippen LogP contribution in [0.2, 0.25) is 0 Å². The maximum absolute atomic E-state index is 11.9. The van der Waals surface area contributed by atoms with Crippen LogP contribution in [0.3, 0.4) is 0 Å². The van der Waals surface area contributed by atoms with Crippen molar-refractivity contribution in [3.8, 4) is 11.8 Å². The molecule has 4 rings (SSSR count). The molecule has 0 heterocycles. The highest BCUT2D eigenvalue weighted by Gasteiger charge is 2.46. The first-order valence-electron chi connectivity index (χ1n) is 11.1. The van der Waals surface area contributed by atoms with Crippen LogP contribution in [0.5, 0.6) is 0 Å². The van der Waals surface area contributed by atoms with Crippen molar-refractivity contribution in [1.82, 2.24) is 4.90 Å². The highest BCUT2D eigenvalue weighted by molar-refractivity contribution is 5.38. The molecule has 0 saturated heterocycles. The molecule has 0 radical (unpaired) electrons. The topological polar surface area (TPSA) is 23.5 Å². The van der Waals surface area contributed by atoms with Crippen LogP contribution < -0.4 is 0 Å². The molecular weight excluding hydrogens is 378 g/mol. The Labute approximate surface area is 186 Å². The minimum atomic E-state index is -1.04. The minimum absolute atomic E-state index is 0.0000633. The lowest BCUT2D eigenvalue weighted by molar-refractivity contribution is -0.0381. The predicted molar refractivity (Wildman–Crippen MR) is 128 cm³/mol. The minimum Gasteiger partial charge on any atom is -0.377 e. The lowest BCUT2D eigenvalue weighted by atomic mass is 9.65. The summed E-state index contributed by atoms with van der Waals surface area (Å²) in [4.78, 5) is 2.24. The molecule has 0 amide bonds. The summed E-state index contributed by atoms with van der Waals surface area (Å²) in [5.74, 6) is 7.01. The van der Waals surface area contributed by atoms with Crippen molar-refractivity contribution in [2.24, 2.45) is 5.92 Å². The fourth-order valence-corrected chi connectivity index (χ4v) is 5.01. The first kappa shape index (κ1) is 21.4. The van der Waals surface area contributed by atoms with Gasteiger partial charge < -0.3 is 10.0 Å².